The Hall–Kier alpha value is -0.890. The minimum Gasteiger partial charge on any atom is -0.299 e. The minimum atomic E-state index is -0.352. The lowest BCUT2D eigenvalue weighted by Gasteiger charge is -2.05. The van der Waals surface area contributed by atoms with Gasteiger partial charge in [0.1, 0.15) is 11.6 Å². The van der Waals surface area contributed by atoms with Crippen LogP contribution in [-0.2, 0) is 11.2 Å². The summed E-state index contributed by atoms with van der Waals surface area (Å²) in [6.07, 6.45) is 4.05. The van der Waals surface area contributed by atoms with Crippen molar-refractivity contribution in [1.82, 2.24) is 0 Å². The summed E-state index contributed by atoms with van der Waals surface area (Å²) in [5, 5.41) is 0.365. The maximum atomic E-state index is 12.9. The fourth-order valence-corrected chi connectivity index (χ4v) is 3.50. The first-order valence-electron chi connectivity index (χ1n) is 6.13. The third kappa shape index (κ3) is 1.99. The molecule has 0 saturated heterocycles. The van der Waals surface area contributed by atoms with E-state index in [1.807, 2.05) is 0 Å². The molecule has 1 nitrogen and oxygen atoms in total. The Morgan fingerprint density at radius 1 is 1.35 bits per heavy atom. The van der Waals surface area contributed by atoms with E-state index in [9.17, 15) is 9.18 Å². The molecule has 3 rings (SSSR count). The molecule has 0 heterocycles. The van der Waals surface area contributed by atoms with Crippen molar-refractivity contribution in [2.75, 3.05) is 0 Å². The van der Waals surface area contributed by atoms with Gasteiger partial charge in [0, 0.05) is 17.4 Å². The standard InChI is InChI=1S/C14H14ClFO/c15-12-7-9(16)5-4-8(12)6-13(17)14-10-2-1-3-11(10)14/h4-5,7,10-11,14H,1-3,6H2. The fraction of sp³-hybridized carbons (Fsp3) is 0.500. The lowest BCUT2D eigenvalue weighted by Crippen LogP contribution is -2.09. The molecule has 0 aliphatic heterocycles. The number of carbonyl (C=O) groups excluding carboxylic acids is 1. The van der Waals surface area contributed by atoms with E-state index in [-0.39, 0.29) is 17.5 Å². The van der Waals surface area contributed by atoms with E-state index >= 15 is 0 Å². The Balaban J connectivity index is 1.69. The van der Waals surface area contributed by atoms with Gasteiger partial charge in [-0.25, -0.2) is 4.39 Å². The monoisotopic (exact) mass is 252 g/mol. The third-order valence-electron chi connectivity index (χ3n) is 4.16. The van der Waals surface area contributed by atoms with Gasteiger partial charge in [-0.3, -0.25) is 4.79 Å². The van der Waals surface area contributed by atoms with Crippen molar-refractivity contribution in [3.8, 4) is 0 Å². The maximum Gasteiger partial charge on any atom is 0.140 e. The van der Waals surface area contributed by atoms with Crippen LogP contribution < -0.4 is 0 Å². The first-order chi connectivity index (χ1) is 8.16. The quantitative estimate of drug-likeness (QED) is 0.803. The van der Waals surface area contributed by atoms with Gasteiger partial charge in [-0.15, -0.1) is 0 Å². The molecule has 2 atom stereocenters. The Bertz CT molecular complexity index is 461. The molecule has 3 heteroatoms. The zero-order chi connectivity index (χ0) is 12.0. The third-order valence-corrected chi connectivity index (χ3v) is 4.51. The molecule has 2 unspecified atom stereocenters. The van der Waals surface area contributed by atoms with Gasteiger partial charge in [0.05, 0.1) is 0 Å². The molecule has 2 saturated carbocycles. The number of rotatable bonds is 3. The molecule has 0 spiro atoms. The summed E-state index contributed by atoms with van der Waals surface area (Å²) in [4.78, 5) is 12.1. The normalized spacial score (nSPS) is 30.1. The van der Waals surface area contributed by atoms with Gasteiger partial charge in [-0.1, -0.05) is 24.1 Å². The Labute approximate surface area is 105 Å². The molecule has 2 aliphatic carbocycles. The Kier molecular flexibility index (Phi) is 2.70. The number of ketones is 1. The predicted molar refractivity (Wildman–Crippen MR) is 64.4 cm³/mol. The van der Waals surface area contributed by atoms with E-state index < -0.39 is 0 Å². The second-order valence-corrected chi connectivity index (χ2v) is 5.57. The maximum absolute atomic E-state index is 12.9. The van der Waals surface area contributed by atoms with Gasteiger partial charge < -0.3 is 0 Å². The van der Waals surface area contributed by atoms with Crippen LogP contribution in [0.15, 0.2) is 18.2 Å². The lowest BCUT2D eigenvalue weighted by atomic mass is 10.0. The molecule has 0 N–H and O–H groups in total. The topological polar surface area (TPSA) is 17.1 Å². The van der Waals surface area contributed by atoms with Crippen LogP contribution in [0.2, 0.25) is 5.02 Å². The molecule has 0 radical (unpaired) electrons. The van der Waals surface area contributed by atoms with Crippen molar-refractivity contribution in [2.24, 2.45) is 17.8 Å². The number of fused-ring (bicyclic) bond motifs is 1. The van der Waals surface area contributed by atoms with Crippen LogP contribution in [0.4, 0.5) is 4.39 Å². The van der Waals surface area contributed by atoms with Gasteiger partial charge in [0.25, 0.3) is 0 Å². The molecule has 2 aliphatic rings. The summed E-state index contributed by atoms with van der Waals surface area (Å²) in [6.45, 7) is 0. The minimum absolute atomic E-state index is 0.268. The smallest absolute Gasteiger partial charge is 0.140 e. The van der Waals surface area contributed by atoms with Crippen LogP contribution in [0.1, 0.15) is 24.8 Å². The predicted octanol–water partition coefficient (Wildman–Crippen LogP) is 3.64. The second-order valence-electron chi connectivity index (χ2n) is 5.16. The van der Waals surface area contributed by atoms with Crippen molar-refractivity contribution < 1.29 is 9.18 Å². The molecule has 1 aromatic carbocycles. The van der Waals surface area contributed by atoms with Crippen LogP contribution in [0, 0.1) is 23.6 Å². The van der Waals surface area contributed by atoms with Crippen molar-refractivity contribution in [1.29, 1.82) is 0 Å². The average molecular weight is 253 g/mol. The molecule has 0 amide bonds. The fourth-order valence-electron chi connectivity index (χ4n) is 3.27. The highest BCUT2D eigenvalue weighted by Crippen LogP contribution is 2.58. The highest BCUT2D eigenvalue weighted by atomic mass is 35.5. The van der Waals surface area contributed by atoms with Crippen molar-refractivity contribution >= 4 is 17.4 Å². The highest BCUT2D eigenvalue weighted by molar-refractivity contribution is 6.31. The first-order valence-corrected chi connectivity index (χ1v) is 6.51. The van der Waals surface area contributed by atoms with E-state index in [1.165, 1.54) is 31.4 Å². The molecular weight excluding hydrogens is 239 g/mol. The van der Waals surface area contributed by atoms with E-state index in [4.69, 9.17) is 11.6 Å². The van der Waals surface area contributed by atoms with Crippen LogP contribution in [0.5, 0.6) is 0 Å². The van der Waals surface area contributed by atoms with Gasteiger partial charge in [-0.2, -0.15) is 0 Å². The van der Waals surface area contributed by atoms with E-state index in [0.717, 1.165) is 5.56 Å². The zero-order valence-electron chi connectivity index (χ0n) is 9.46. The Morgan fingerprint density at radius 2 is 2.06 bits per heavy atom. The molecule has 1 aromatic rings. The van der Waals surface area contributed by atoms with Crippen LogP contribution in [0.25, 0.3) is 0 Å². The number of hydrogen-bond donors (Lipinski definition) is 0. The number of hydrogen-bond acceptors (Lipinski definition) is 1. The van der Waals surface area contributed by atoms with E-state index in [2.05, 4.69) is 0 Å². The largest absolute Gasteiger partial charge is 0.299 e. The SMILES string of the molecule is O=C(Cc1ccc(F)cc1Cl)C1C2CCCC21. The molecule has 0 bridgehead atoms. The number of halogens is 2. The second kappa shape index (κ2) is 4.09. The van der Waals surface area contributed by atoms with Gasteiger partial charge in [0.15, 0.2) is 0 Å². The van der Waals surface area contributed by atoms with Crippen molar-refractivity contribution in [2.45, 2.75) is 25.7 Å². The molecule has 90 valence electrons. The van der Waals surface area contributed by atoms with Crippen molar-refractivity contribution in [3.05, 3.63) is 34.6 Å². The highest BCUT2D eigenvalue weighted by Gasteiger charge is 2.55. The van der Waals surface area contributed by atoms with Crippen LogP contribution in [0.3, 0.4) is 0 Å². The summed E-state index contributed by atoms with van der Waals surface area (Å²) in [5.41, 5.74) is 0.753. The molecule has 17 heavy (non-hydrogen) atoms. The van der Waals surface area contributed by atoms with Gasteiger partial charge >= 0.3 is 0 Å². The molecular formula is C14H14ClFO. The Morgan fingerprint density at radius 3 is 2.71 bits per heavy atom. The van der Waals surface area contributed by atoms with Gasteiger partial charge in [-0.05, 0) is 42.4 Å². The van der Waals surface area contributed by atoms with Gasteiger partial charge in [0.2, 0.25) is 0 Å². The summed E-state index contributed by atoms with van der Waals surface area (Å²) in [7, 11) is 0. The number of Topliss-reactive ketones (excluding diaryl/α,β-unsaturated/α-hetero) is 1. The van der Waals surface area contributed by atoms with Crippen LogP contribution >= 0.6 is 11.6 Å². The summed E-state index contributed by atoms with van der Waals surface area (Å²) in [6, 6.07) is 4.26. The van der Waals surface area contributed by atoms with Crippen LogP contribution in [-0.4, -0.2) is 5.78 Å². The lowest BCUT2D eigenvalue weighted by molar-refractivity contribution is -0.120. The van der Waals surface area contributed by atoms with E-state index in [1.54, 1.807) is 6.07 Å². The average Bonchev–Trinajstić information content (AvgIpc) is 2.77. The summed E-state index contributed by atoms with van der Waals surface area (Å²) < 4.78 is 12.9. The summed E-state index contributed by atoms with van der Waals surface area (Å²) >= 11 is 5.93. The summed E-state index contributed by atoms with van der Waals surface area (Å²) in [5.74, 6) is 1.48. The van der Waals surface area contributed by atoms with E-state index in [0.29, 0.717) is 23.3 Å². The zero-order valence-corrected chi connectivity index (χ0v) is 10.2. The number of carbonyl (C=O) groups is 1. The first kappa shape index (κ1) is 11.2. The number of benzene rings is 1. The molecule has 0 aromatic heterocycles. The van der Waals surface area contributed by atoms with Crippen molar-refractivity contribution in [3.63, 3.8) is 0 Å². The molecule has 2 fully saturated rings.